The number of benzene rings is 2. The van der Waals surface area contributed by atoms with Crippen molar-refractivity contribution in [2.45, 2.75) is 12.8 Å². The Bertz CT molecular complexity index is 1270. The monoisotopic (exact) mass is 416 g/mol. The van der Waals surface area contributed by atoms with Gasteiger partial charge in [0, 0.05) is 18.4 Å². The molecule has 0 saturated carbocycles. The van der Waals surface area contributed by atoms with E-state index < -0.39 is 10.2 Å². The number of hydrogen-bond donors (Lipinski definition) is 2. The van der Waals surface area contributed by atoms with Gasteiger partial charge in [0.05, 0.1) is 31.0 Å². The summed E-state index contributed by atoms with van der Waals surface area (Å²) in [5.74, 6) is 0.967. The summed E-state index contributed by atoms with van der Waals surface area (Å²) in [4.78, 5) is 12.2. The Labute approximate surface area is 167 Å². The lowest BCUT2D eigenvalue weighted by molar-refractivity contribution is 0.356. The van der Waals surface area contributed by atoms with E-state index in [1.807, 2.05) is 12.1 Å². The first kappa shape index (κ1) is 19.2. The lowest BCUT2D eigenvalue weighted by atomic mass is 10.0. The number of rotatable bonds is 5. The number of aromatic nitrogens is 2. The van der Waals surface area contributed by atoms with Crippen LogP contribution in [-0.4, -0.2) is 39.4 Å². The minimum absolute atomic E-state index is 0.317. The van der Waals surface area contributed by atoms with Gasteiger partial charge in [-0.2, -0.15) is 13.5 Å². The summed E-state index contributed by atoms with van der Waals surface area (Å²) in [5.41, 5.74) is 2.80. The van der Waals surface area contributed by atoms with E-state index in [2.05, 4.69) is 10.2 Å². The number of nitrogens with two attached hydrogens (primary N) is 1. The minimum Gasteiger partial charge on any atom is -0.493 e. The van der Waals surface area contributed by atoms with Gasteiger partial charge in [-0.05, 0) is 35.7 Å². The molecule has 0 bridgehead atoms. The predicted octanol–water partition coefficient (Wildman–Crippen LogP) is 1.10. The smallest absolute Gasteiger partial charge is 0.299 e. The summed E-state index contributed by atoms with van der Waals surface area (Å²) in [6, 6.07) is 8.90. The van der Waals surface area contributed by atoms with Gasteiger partial charge >= 0.3 is 0 Å². The molecule has 2 heterocycles. The maximum Gasteiger partial charge on any atom is 0.299 e. The fraction of sp³-hybridized carbons (Fsp3) is 0.263. The normalized spacial score (nSPS) is 13.6. The van der Waals surface area contributed by atoms with Gasteiger partial charge in [0.15, 0.2) is 11.5 Å². The van der Waals surface area contributed by atoms with Gasteiger partial charge in [0.1, 0.15) is 0 Å². The standard InChI is InChI=1S/C19H20N4O5S/c1-27-17-9-13-14(10-18(17)28-2)19(24)22-21-15(13)8-11-3-4-16-12(7-11)5-6-23(16)29(20,25)26/h3-4,7,9-10H,5-6,8H2,1-2H3,(H,22,24)(H2,20,25,26). The third kappa shape index (κ3) is 3.40. The van der Waals surface area contributed by atoms with E-state index in [4.69, 9.17) is 14.6 Å². The van der Waals surface area contributed by atoms with Crippen molar-refractivity contribution < 1.29 is 17.9 Å². The second-order valence-electron chi connectivity index (χ2n) is 6.76. The van der Waals surface area contributed by atoms with Crippen molar-refractivity contribution in [3.8, 4) is 11.5 Å². The minimum atomic E-state index is -3.78. The summed E-state index contributed by atoms with van der Waals surface area (Å²) in [5, 5.41) is 13.1. The van der Waals surface area contributed by atoms with E-state index in [1.165, 1.54) is 18.5 Å². The molecule has 2 aromatic carbocycles. The van der Waals surface area contributed by atoms with Crippen LogP contribution in [0.5, 0.6) is 11.5 Å². The highest BCUT2D eigenvalue weighted by molar-refractivity contribution is 7.90. The van der Waals surface area contributed by atoms with Crippen molar-refractivity contribution in [3.05, 3.63) is 57.5 Å². The zero-order valence-corrected chi connectivity index (χ0v) is 16.7. The SMILES string of the molecule is COc1cc2c(Cc3ccc4c(c3)CCN4S(N)(=O)=O)n[nH]c(=O)c2cc1OC. The number of ether oxygens (including phenoxy) is 2. The Hall–Kier alpha value is -3.11. The average Bonchev–Trinajstić information content (AvgIpc) is 3.13. The molecular formula is C19H20N4O5S. The second kappa shape index (κ2) is 7.05. The van der Waals surface area contributed by atoms with Crippen LogP contribution in [0, 0.1) is 0 Å². The number of hydrogen-bond acceptors (Lipinski definition) is 6. The van der Waals surface area contributed by atoms with Crippen molar-refractivity contribution in [2.75, 3.05) is 25.1 Å². The molecule has 0 amide bonds. The molecule has 0 fully saturated rings. The first-order valence-corrected chi connectivity index (χ1v) is 10.4. The van der Waals surface area contributed by atoms with E-state index in [0.717, 1.165) is 11.1 Å². The van der Waals surface area contributed by atoms with Crippen molar-refractivity contribution in [2.24, 2.45) is 5.14 Å². The predicted molar refractivity (Wildman–Crippen MR) is 109 cm³/mol. The first-order valence-electron chi connectivity index (χ1n) is 8.87. The van der Waals surface area contributed by atoms with E-state index >= 15 is 0 Å². The first-order chi connectivity index (χ1) is 13.8. The summed E-state index contributed by atoms with van der Waals surface area (Å²) in [7, 11) is -0.741. The molecule has 0 aliphatic carbocycles. The molecular weight excluding hydrogens is 396 g/mol. The van der Waals surface area contributed by atoms with E-state index in [0.29, 0.717) is 53.0 Å². The molecule has 0 atom stereocenters. The maximum absolute atomic E-state index is 12.2. The summed E-state index contributed by atoms with van der Waals surface area (Å²) in [6.45, 7) is 0.328. The van der Waals surface area contributed by atoms with E-state index in [1.54, 1.807) is 18.2 Å². The Morgan fingerprint density at radius 3 is 2.48 bits per heavy atom. The molecule has 0 radical (unpaired) electrons. The number of nitrogens with one attached hydrogen (secondary N) is 1. The van der Waals surface area contributed by atoms with Crippen molar-refractivity contribution in [1.29, 1.82) is 0 Å². The number of fused-ring (bicyclic) bond motifs is 2. The summed E-state index contributed by atoms with van der Waals surface area (Å²) in [6.07, 6.45) is 1.04. The molecule has 152 valence electrons. The van der Waals surface area contributed by atoms with Crippen LogP contribution in [0.3, 0.4) is 0 Å². The molecule has 4 rings (SSSR count). The molecule has 10 heteroatoms. The Kier molecular flexibility index (Phi) is 4.67. The fourth-order valence-corrected chi connectivity index (χ4v) is 4.47. The van der Waals surface area contributed by atoms with Crippen molar-refractivity contribution >= 4 is 26.7 Å². The molecule has 0 saturated heterocycles. The molecule has 1 aliphatic heterocycles. The Morgan fingerprint density at radius 1 is 1.14 bits per heavy atom. The van der Waals surface area contributed by atoms with Gasteiger partial charge in [-0.25, -0.2) is 10.2 Å². The van der Waals surface area contributed by atoms with Crippen LogP contribution in [0.25, 0.3) is 10.8 Å². The number of anilines is 1. The van der Waals surface area contributed by atoms with Gasteiger partial charge in [0.2, 0.25) is 0 Å². The summed E-state index contributed by atoms with van der Waals surface area (Å²) < 4.78 is 35.2. The van der Waals surface area contributed by atoms with Gasteiger partial charge in [0.25, 0.3) is 15.8 Å². The highest BCUT2D eigenvalue weighted by Crippen LogP contribution is 2.33. The molecule has 1 aliphatic rings. The summed E-state index contributed by atoms with van der Waals surface area (Å²) >= 11 is 0. The number of aromatic amines is 1. The molecule has 3 aromatic rings. The zero-order valence-electron chi connectivity index (χ0n) is 15.9. The van der Waals surface area contributed by atoms with Crippen LogP contribution in [0.1, 0.15) is 16.8 Å². The number of H-pyrrole nitrogens is 1. The van der Waals surface area contributed by atoms with Crippen LogP contribution < -0.4 is 24.5 Å². The highest BCUT2D eigenvalue weighted by atomic mass is 32.2. The quantitative estimate of drug-likeness (QED) is 0.641. The Morgan fingerprint density at radius 2 is 1.83 bits per heavy atom. The van der Waals surface area contributed by atoms with Crippen LogP contribution in [-0.2, 0) is 23.1 Å². The lowest BCUT2D eigenvalue weighted by Crippen LogP contribution is -2.35. The van der Waals surface area contributed by atoms with Gasteiger partial charge < -0.3 is 9.47 Å². The molecule has 0 spiro atoms. The average molecular weight is 416 g/mol. The largest absolute Gasteiger partial charge is 0.493 e. The number of methoxy groups -OCH3 is 2. The molecule has 29 heavy (non-hydrogen) atoms. The zero-order chi connectivity index (χ0) is 20.8. The second-order valence-corrected chi connectivity index (χ2v) is 8.23. The molecule has 0 unspecified atom stereocenters. The van der Waals surface area contributed by atoms with Crippen molar-refractivity contribution in [1.82, 2.24) is 10.2 Å². The van der Waals surface area contributed by atoms with Crippen molar-refractivity contribution in [3.63, 3.8) is 0 Å². The van der Waals surface area contributed by atoms with Crippen LogP contribution in [0.4, 0.5) is 5.69 Å². The van der Waals surface area contributed by atoms with Crippen LogP contribution in [0.15, 0.2) is 35.1 Å². The maximum atomic E-state index is 12.2. The van der Waals surface area contributed by atoms with Crippen LogP contribution >= 0.6 is 0 Å². The Balaban J connectivity index is 1.76. The van der Waals surface area contributed by atoms with E-state index in [-0.39, 0.29) is 5.56 Å². The molecule has 9 nitrogen and oxygen atoms in total. The number of nitrogens with zero attached hydrogens (tertiary/aromatic N) is 2. The fourth-order valence-electron chi connectivity index (χ4n) is 3.67. The topological polar surface area (TPSA) is 128 Å². The third-order valence-corrected chi connectivity index (χ3v) is 6.04. The van der Waals surface area contributed by atoms with Gasteiger partial charge in [-0.3, -0.25) is 9.10 Å². The van der Waals surface area contributed by atoms with Gasteiger partial charge in [-0.1, -0.05) is 12.1 Å². The van der Waals surface area contributed by atoms with Crippen LogP contribution in [0.2, 0.25) is 0 Å². The third-order valence-electron chi connectivity index (χ3n) is 5.05. The van der Waals surface area contributed by atoms with Gasteiger partial charge in [-0.15, -0.1) is 0 Å². The lowest BCUT2D eigenvalue weighted by Gasteiger charge is -2.16. The highest BCUT2D eigenvalue weighted by Gasteiger charge is 2.26. The molecule has 1 aromatic heterocycles. The molecule has 3 N–H and O–H groups in total. The van der Waals surface area contributed by atoms with E-state index in [9.17, 15) is 13.2 Å².